The molecule has 10 rings (SSSR count). The molecule has 0 radical (unpaired) electrons. The fourth-order valence-electron chi connectivity index (χ4n) is 9.16. The lowest BCUT2D eigenvalue weighted by atomic mass is 9.36. The Morgan fingerprint density at radius 1 is 1.06 bits per heavy atom. The second-order valence-electron chi connectivity index (χ2n) is 15.6. The van der Waals surface area contributed by atoms with Gasteiger partial charge in [-0.3, -0.25) is 19.1 Å². The average Bonchev–Trinajstić information content (AvgIpc) is 3.58. The summed E-state index contributed by atoms with van der Waals surface area (Å²) < 4.78 is 3.80. The molecule has 2 N–H and O–H groups in total. The van der Waals surface area contributed by atoms with Crippen LogP contribution in [-0.4, -0.2) is 91.8 Å². The molecule has 0 aromatic carbocycles. The number of carbonyl (C=O) groups excluding carboxylic acids is 2. The number of amides is 2. The molecule has 2 amide bonds. The van der Waals surface area contributed by atoms with Crippen molar-refractivity contribution in [2.75, 3.05) is 18.0 Å². The van der Waals surface area contributed by atoms with Crippen molar-refractivity contribution in [3.8, 4) is 11.4 Å². The second-order valence-corrected chi connectivity index (χ2v) is 15.6. The van der Waals surface area contributed by atoms with Gasteiger partial charge in [-0.1, -0.05) is 20.8 Å². The molecule has 5 saturated carbocycles. The maximum absolute atomic E-state index is 14.6. The Balaban J connectivity index is 1.08. The molecule has 2 atom stereocenters. The molecular weight excluding hydrogens is 638 g/mol. The van der Waals surface area contributed by atoms with Gasteiger partial charge in [0.05, 0.1) is 30.2 Å². The van der Waals surface area contributed by atoms with Crippen molar-refractivity contribution in [2.45, 2.75) is 109 Å². The minimum Gasteiger partial charge on any atom is -0.504 e. The van der Waals surface area contributed by atoms with Crippen molar-refractivity contribution in [3.63, 3.8) is 0 Å². The molecule has 1 saturated heterocycles. The van der Waals surface area contributed by atoms with Gasteiger partial charge in [-0.15, -0.1) is 15.0 Å². The number of carbonyl (C=O) groups is 2. The molecule has 50 heavy (non-hydrogen) atoms. The first-order chi connectivity index (χ1) is 24.0. The first-order valence-electron chi connectivity index (χ1n) is 18.0. The number of aromatic hydroxyl groups is 1. The van der Waals surface area contributed by atoms with E-state index in [0.29, 0.717) is 59.6 Å². The molecule has 0 unspecified atom stereocenters. The van der Waals surface area contributed by atoms with Gasteiger partial charge in [0.1, 0.15) is 24.2 Å². The van der Waals surface area contributed by atoms with E-state index in [2.05, 4.69) is 39.1 Å². The maximum Gasteiger partial charge on any atom is 0.276 e. The third-order valence-electron chi connectivity index (χ3n) is 12.3. The van der Waals surface area contributed by atoms with Crippen LogP contribution < -0.4 is 15.6 Å². The highest BCUT2D eigenvalue weighted by Gasteiger charge is 2.69. The smallest absolute Gasteiger partial charge is 0.276 e. The first-order valence-corrected chi connectivity index (χ1v) is 18.0. The fourth-order valence-corrected chi connectivity index (χ4v) is 9.16. The van der Waals surface area contributed by atoms with Crippen molar-refractivity contribution in [1.29, 1.82) is 0 Å². The van der Waals surface area contributed by atoms with Crippen LogP contribution in [0.1, 0.15) is 93.6 Å². The molecule has 5 aliphatic carbocycles. The average molecular weight is 682 g/mol. The van der Waals surface area contributed by atoms with Crippen LogP contribution in [0.25, 0.3) is 16.9 Å². The third-order valence-corrected chi connectivity index (χ3v) is 12.3. The Bertz CT molecular complexity index is 2110. The van der Waals surface area contributed by atoms with Crippen molar-refractivity contribution in [1.82, 2.24) is 49.5 Å². The predicted molar refractivity (Wildman–Crippen MR) is 182 cm³/mol. The monoisotopic (exact) mass is 681 g/mol. The van der Waals surface area contributed by atoms with Crippen molar-refractivity contribution in [3.05, 3.63) is 46.0 Å². The van der Waals surface area contributed by atoms with Gasteiger partial charge in [-0.2, -0.15) is 5.10 Å². The summed E-state index contributed by atoms with van der Waals surface area (Å²) in [6, 6.07) is 0.102. The number of aryl methyl sites for hydroxylation is 1. The van der Waals surface area contributed by atoms with Crippen molar-refractivity contribution in [2.24, 2.45) is 11.3 Å². The number of nitrogens with zero attached hydrogens (tertiary/aromatic N) is 10. The highest BCUT2D eigenvalue weighted by atomic mass is 16.3. The van der Waals surface area contributed by atoms with E-state index >= 15 is 0 Å². The van der Waals surface area contributed by atoms with Crippen molar-refractivity contribution >= 4 is 28.7 Å². The van der Waals surface area contributed by atoms with Gasteiger partial charge < -0.3 is 24.8 Å². The van der Waals surface area contributed by atoms with Crippen LogP contribution >= 0.6 is 0 Å². The highest BCUT2D eigenvalue weighted by molar-refractivity contribution is 5.95. The van der Waals surface area contributed by atoms with Gasteiger partial charge >= 0.3 is 0 Å². The van der Waals surface area contributed by atoms with Crippen LogP contribution in [0.5, 0.6) is 5.75 Å². The number of hydrogen-bond donors (Lipinski definition) is 2. The normalized spacial score (nSPS) is 26.7. The summed E-state index contributed by atoms with van der Waals surface area (Å²) in [5.41, 5.74) is 2.78. The summed E-state index contributed by atoms with van der Waals surface area (Å²) in [7, 11) is 0. The van der Waals surface area contributed by atoms with E-state index in [9.17, 15) is 19.5 Å². The van der Waals surface area contributed by atoms with Crippen LogP contribution in [0.3, 0.4) is 0 Å². The van der Waals surface area contributed by atoms with Gasteiger partial charge in [0.15, 0.2) is 22.6 Å². The topological polar surface area (TPSA) is 169 Å². The number of hydrogen-bond acceptors (Lipinski definition) is 10. The molecule has 6 aliphatic rings. The lowest BCUT2D eigenvalue weighted by Gasteiger charge is -2.72. The zero-order valence-electron chi connectivity index (χ0n) is 29.0. The van der Waals surface area contributed by atoms with Crippen LogP contribution in [0, 0.1) is 18.3 Å². The standard InChI is InChI=1S/C35H43N11O4/c1-5-23-29(42-10-11-43(25-9-8-24(25)42)33(50)28-30(48)20(4)36-18-37-28)31(49)27-32(41-46(40-27)22-12-38-45(13-22)21-6-7-21)44(23)14-26(47)39-35-15-34(16-35,17-35)19(2)3/h12-13,18-19,21,24-25,48H,5-11,14-17H2,1-4H3,(H,39,47)/t24-,25-,34?,35?/m0/s1. The van der Waals surface area contributed by atoms with Crippen LogP contribution in [-0.2, 0) is 17.8 Å². The second kappa shape index (κ2) is 10.8. The lowest BCUT2D eigenvalue weighted by Crippen LogP contribution is -2.76. The van der Waals surface area contributed by atoms with Crippen LogP contribution in [0.2, 0.25) is 0 Å². The number of pyridine rings is 1. The molecular formula is C35H43N11O4. The van der Waals surface area contributed by atoms with Crippen LogP contribution in [0.4, 0.5) is 5.69 Å². The summed E-state index contributed by atoms with van der Waals surface area (Å²) in [5.74, 6) is -0.0548. The zero-order chi connectivity index (χ0) is 34.7. The minimum absolute atomic E-state index is 0.00899. The maximum atomic E-state index is 14.6. The number of fused-ring (bicyclic) bond motifs is 2. The van der Waals surface area contributed by atoms with E-state index in [4.69, 9.17) is 10.2 Å². The number of nitrogens with one attached hydrogen (secondary N) is 1. The molecule has 2 bridgehead atoms. The van der Waals surface area contributed by atoms with E-state index in [-0.39, 0.29) is 58.4 Å². The third kappa shape index (κ3) is 4.53. The number of piperazine rings is 1. The fraction of sp³-hybridized carbons (Fsp3) is 0.600. The van der Waals surface area contributed by atoms with E-state index in [1.807, 2.05) is 22.4 Å². The van der Waals surface area contributed by atoms with Gasteiger partial charge in [0.2, 0.25) is 11.3 Å². The molecule has 15 nitrogen and oxygen atoms in total. The summed E-state index contributed by atoms with van der Waals surface area (Å²) in [6.07, 6.45) is 12.1. The molecule has 6 fully saturated rings. The largest absolute Gasteiger partial charge is 0.504 e. The Kier molecular flexibility index (Phi) is 6.76. The molecule has 1 aliphatic heterocycles. The molecule has 0 spiro atoms. The van der Waals surface area contributed by atoms with Crippen LogP contribution in [0.15, 0.2) is 23.5 Å². The van der Waals surface area contributed by atoms with Gasteiger partial charge in [-0.05, 0) is 69.6 Å². The molecule has 5 heterocycles. The molecule has 262 valence electrons. The first kappa shape index (κ1) is 31.2. The zero-order valence-corrected chi connectivity index (χ0v) is 29.0. The summed E-state index contributed by atoms with van der Waals surface area (Å²) >= 11 is 0. The van der Waals surface area contributed by atoms with E-state index in [1.54, 1.807) is 18.0 Å². The van der Waals surface area contributed by atoms with Gasteiger partial charge in [0.25, 0.3) is 5.91 Å². The van der Waals surface area contributed by atoms with E-state index in [1.165, 1.54) is 11.1 Å². The Morgan fingerprint density at radius 3 is 2.50 bits per heavy atom. The number of aromatic nitrogens is 8. The summed E-state index contributed by atoms with van der Waals surface area (Å²) in [6.45, 7) is 8.92. The van der Waals surface area contributed by atoms with E-state index < -0.39 is 0 Å². The van der Waals surface area contributed by atoms with Gasteiger partial charge in [-0.25, -0.2) is 9.97 Å². The molecule has 4 aromatic heterocycles. The van der Waals surface area contributed by atoms with Crippen molar-refractivity contribution < 1.29 is 14.7 Å². The highest BCUT2D eigenvalue weighted by Crippen LogP contribution is 2.70. The quantitative estimate of drug-likeness (QED) is 0.268. The summed E-state index contributed by atoms with van der Waals surface area (Å²) in [4.78, 5) is 55.5. The Hall–Kier alpha value is -4.82. The minimum atomic E-state index is -0.342. The molecule has 4 aromatic rings. The Morgan fingerprint density at radius 2 is 1.82 bits per heavy atom. The predicted octanol–water partition coefficient (Wildman–Crippen LogP) is 2.67. The number of anilines is 1. The SMILES string of the molecule is CCc1c(N2CCN(C(=O)c3ncnc(C)c3O)[C@H]3CC[C@@H]32)c(=O)c2nn(-c3cnn(C4CC4)c3)nc2n1CC(=O)NC12CC(C(C)C)(C1)C2. The van der Waals surface area contributed by atoms with E-state index in [0.717, 1.165) is 50.6 Å². The number of rotatable bonds is 9. The molecule has 15 heteroatoms. The Labute approximate surface area is 288 Å². The summed E-state index contributed by atoms with van der Waals surface area (Å²) in [5, 5.41) is 28.0. The van der Waals surface area contributed by atoms with Gasteiger partial charge in [0, 0.05) is 30.4 Å². The lowest BCUT2D eigenvalue weighted by molar-refractivity contribution is -0.187.